The van der Waals surface area contributed by atoms with Crippen LogP contribution in [-0.2, 0) is 24.7 Å². The average Bonchev–Trinajstić information content (AvgIpc) is 3.59. The van der Waals surface area contributed by atoms with Crippen LogP contribution >= 0.6 is 0 Å². The van der Waals surface area contributed by atoms with Gasteiger partial charge in [0.15, 0.2) is 9.84 Å². The van der Waals surface area contributed by atoms with Gasteiger partial charge in [0.25, 0.3) is 5.92 Å². The molecular formula is C20H26F2N2O5S2. The van der Waals surface area contributed by atoms with Crippen molar-refractivity contribution in [2.45, 2.75) is 59.5 Å². The molecule has 0 aromatic heterocycles. The van der Waals surface area contributed by atoms with E-state index in [1.165, 1.54) is 33.5 Å². The second-order valence-electron chi connectivity index (χ2n) is 8.60. The Morgan fingerprint density at radius 2 is 1.48 bits per heavy atom. The molecule has 172 valence electrons. The summed E-state index contributed by atoms with van der Waals surface area (Å²) in [5.41, 5.74) is 0. The molecule has 0 radical (unpaired) electrons. The number of alkyl halides is 2. The summed E-state index contributed by atoms with van der Waals surface area (Å²) in [4.78, 5) is 14.3. The Morgan fingerprint density at radius 3 is 2.06 bits per heavy atom. The Labute approximate surface area is 181 Å². The normalized spacial score (nSPS) is 25.4. The fourth-order valence-electron chi connectivity index (χ4n) is 4.20. The first-order chi connectivity index (χ1) is 14.5. The van der Waals surface area contributed by atoms with Crippen molar-refractivity contribution in [2.24, 2.45) is 5.92 Å². The van der Waals surface area contributed by atoms with Crippen LogP contribution in [0.25, 0.3) is 0 Å². The number of rotatable bonds is 5. The van der Waals surface area contributed by atoms with Crippen LogP contribution in [0.15, 0.2) is 34.1 Å². The van der Waals surface area contributed by atoms with E-state index >= 15 is 0 Å². The molecular weight excluding hydrogens is 450 g/mol. The Balaban J connectivity index is 1.45. The SMILES string of the molecule is O=C([C@@H]1CCCN(S(=O)(=O)c2ccc(S(=O)(=O)C3CC3)cc2)C1)N1CCC(F)(F)CC1. The molecule has 11 heteroatoms. The molecule has 0 spiro atoms. The predicted molar refractivity (Wildman–Crippen MR) is 109 cm³/mol. The Bertz CT molecular complexity index is 1040. The number of piperidine rings is 2. The molecule has 1 aromatic rings. The number of amides is 1. The molecule has 31 heavy (non-hydrogen) atoms. The zero-order valence-electron chi connectivity index (χ0n) is 17.0. The third-order valence-corrected chi connectivity index (χ3v) is 10.5. The van der Waals surface area contributed by atoms with E-state index in [1.54, 1.807) is 0 Å². The van der Waals surface area contributed by atoms with Crippen molar-refractivity contribution in [3.05, 3.63) is 24.3 Å². The van der Waals surface area contributed by atoms with Crippen LogP contribution in [0.5, 0.6) is 0 Å². The maximum Gasteiger partial charge on any atom is 0.251 e. The zero-order valence-corrected chi connectivity index (χ0v) is 18.7. The van der Waals surface area contributed by atoms with E-state index in [-0.39, 0.29) is 60.0 Å². The molecule has 4 rings (SSSR count). The highest BCUT2D eigenvalue weighted by Crippen LogP contribution is 2.34. The number of likely N-dealkylation sites (tertiary alicyclic amines) is 1. The minimum absolute atomic E-state index is 0.00379. The van der Waals surface area contributed by atoms with Gasteiger partial charge in [0.2, 0.25) is 15.9 Å². The first-order valence-electron chi connectivity index (χ1n) is 10.5. The van der Waals surface area contributed by atoms with Gasteiger partial charge in [0, 0.05) is 39.0 Å². The lowest BCUT2D eigenvalue weighted by molar-refractivity contribution is -0.142. The van der Waals surface area contributed by atoms with Gasteiger partial charge in [0.1, 0.15) is 0 Å². The molecule has 1 amide bonds. The molecule has 7 nitrogen and oxygen atoms in total. The summed E-state index contributed by atoms with van der Waals surface area (Å²) >= 11 is 0. The van der Waals surface area contributed by atoms with E-state index in [2.05, 4.69) is 0 Å². The van der Waals surface area contributed by atoms with Gasteiger partial charge in [-0.1, -0.05) is 0 Å². The summed E-state index contributed by atoms with van der Waals surface area (Å²) in [6.07, 6.45) is 1.51. The van der Waals surface area contributed by atoms with Crippen LogP contribution in [0.1, 0.15) is 38.5 Å². The lowest BCUT2D eigenvalue weighted by Gasteiger charge is -2.37. The topological polar surface area (TPSA) is 91.8 Å². The number of sulfonamides is 1. The standard InChI is InChI=1S/C20H26F2N2O5S2/c21-20(22)9-12-23(13-10-20)19(25)15-2-1-11-24(14-15)31(28,29)18-7-5-17(6-8-18)30(26,27)16-3-4-16/h5-8,15-16H,1-4,9-14H2/t15-/m1/s1. The highest BCUT2D eigenvalue weighted by molar-refractivity contribution is 7.92. The number of sulfone groups is 1. The minimum Gasteiger partial charge on any atom is -0.342 e. The minimum atomic E-state index is -3.90. The quantitative estimate of drug-likeness (QED) is 0.650. The second-order valence-corrected chi connectivity index (χ2v) is 12.8. The Kier molecular flexibility index (Phi) is 5.89. The largest absolute Gasteiger partial charge is 0.342 e. The second kappa shape index (κ2) is 8.08. The van der Waals surface area contributed by atoms with Crippen LogP contribution in [0.4, 0.5) is 8.78 Å². The van der Waals surface area contributed by atoms with Crippen molar-refractivity contribution in [1.29, 1.82) is 0 Å². The van der Waals surface area contributed by atoms with Crippen LogP contribution in [0.3, 0.4) is 0 Å². The third-order valence-electron chi connectivity index (χ3n) is 6.29. The van der Waals surface area contributed by atoms with Crippen molar-refractivity contribution in [1.82, 2.24) is 9.21 Å². The number of halogens is 2. The number of benzene rings is 1. The molecule has 2 aliphatic heterocycles. The average molecular weight is 477 g/mol. The summed E-state index contributed by atoms with van der Waals surface area (Å²) < 4.78 is 78.8. The summed E-state index contributed by atoms with van der Waals surface area (Å²) in [5, 5.41) is -0.376. The Morgan fingerprint density at radius 1 is 0.903 bits per heavy atom. The van der Waals surface area contributed by atoms with E-state index in [1.807, 2.05) is 0 Å². The lowest BCUT2D eigenvalue weighted by atomic mass is 9.96. The van der Waals surface area contributed by atoms with Gasteiger partial charge in [0.05, 0.1) is 21.0 Å². The fraction of sp³-hybridized carbons (Fsp3) is 0.650. The molecule has 0 unspecified atom stereocenters. The van der Waals surface area contributed by atoms with Gasteiger partial charge in [-0.05, 0) is 49.9 Å². The van der Waals surface area contributed by atoms with Gasteiger partial charge in [-0.3, -0.25) is 4.79 Å². The van der Waals surface area contributed by atoms with Crippen molar-refractivity contribution in [3.8, 4) is 0 Å². The van der Waals surface area contributed by atoms with Gasteiger partial charge >= 0.3 is 0 Å². The molecule has 0 N–H and O–H groups in total. The maximum atomic E-state index is 13.4. The van der Waals surface area contributed by atoms with E-state index < -0.39 is 31.7 Å². The van der Waals surface area contributed by atoms with Crippen LogP contribution < -0.4 is 0 Å². The van der Waals surface area contributed by atoms with Gasteiger partial charge in [-0.25, -0.2) is 25.6 Å². The van der Waals surface area contributed by atoms with Crippen LogP contribution in [-0.4, -0.2) is 69.3 Å². The molecule has 3 aliphatic rings. The smallest absolute Gasteiger partial charge is 0.251 e. The lowest BCUT2D eigenvalue weighted by Crippen LogP contribution is -2.49. The van der Waals surface area contributed by atoms with Gasteiger partial charge < -0.3 is 4.90 Å². The molecule has 1 atom stereocenters. The highest BCUT2D eigenvalue weighted by atomic mass is 32.2. The van der Waals surface area contributed by atoms with E-state index in [0.29, 0.717) is 25.7 Å². The summed E-state index contributed by atoms with van der Waals surface area (Å²) in [7, 11) is -7.30. The first-order valence-corrected chi connectivity index (χ1v) is 13.5. The number of hydrogen-bond donors (Lipinski definition) is 0. The van der Waals surface area contributed by atoms with Crippen molar-refractivity contribution in [2.75, 3.05) is 26.2 Å². The van der Waals surface area contributed by atoms with Crippen molar-refractivity contribution < 1.29 is 30.4 Å². The predicted octanol–water partition coefficient (Wildman–Crippen LogP) is 2.28. The molecule has 1 aromatic carbocycles. The molecule has 3 fully saturated rings. The van der Waals surface area contributed by atoms with E-state index in [0.717, 1.165) is 0 Å². The third kappa shape index (κ3) is 4.63. The highest BCUT2D eigenvalue weighted by Gasteiger charge is 2.40. The maximum absolute atomic E-state index is 13.4. The number of carbonyl (C=O) groups is 1. The molecule has 1 aliphatic carbocycles. The van der Waals surface area contributed by atoms with Crippen LogP contribution in [0.2, 0.25) is 0 Å². The Hall–Kier alpha value is -1.59. The van der Waals surface area contributed by atoms with Crippen molar-refractivity contribution >= 4 is 25.8 Å². The zero-order chi connectivity index (χ0) is 22.4. The molecule has 0 bridgehead atoms. The monoisotopic (exact) mass is 476 g/mol. The summed E-state index contributed by atoms with van der Waals surface area (Å²) in [6, 6.07) is 5.23. The van der Waals surface area contributed by atoms with E-state index in [4.69, 9.17) is 0 Å². The number of nitrogens with zero attached hydrogens (tertiary/aromatic N) is 2. The van der Waals surface area contributed by atoms with E-state index in [9.17, 15) is 30.4 Å². The van der Waals surface area contributed by atoms with Gasteiger partial charge in [-0.15, -0.1) is 0 Å². The van der Waals surface area contributed by atoms with Crippen molar-refractivity contribution in [3.63, 3.8) is 0 Å². The molecule has 2 heterocycles. The fourth-order valence-corrected chi connectivity index (χ4v) is 7.38. The molecule has 1 saturated carbocycles. The summed E-state index contributed by atoms with van der Waals surface area (Å²) in [5.74, 6) is -3.59. The summed E-state index contributed by atoms with van der Waals surface area (Å²) in [6.45, 7) is 0.209. The first kappa shape index (κ1) is 22.6. The number of carbonyl (C=O) groups excluding carboxylic acids is 1. The molecule has 2 saturated heterocycles. The van der Waals surface area contributed by atoms with Crippen LogP contribution in [0, 0.1) is 5.92 Å². The van der Waals surface area contributed by atoms with Gasteiger partial charge in [-0.2, -0.15) is 4.31 Å². The number of hydrogen-bond acceptors (Lipinski definition) is 5.